The van der Waals surface area contributed by atoms with E-state index < -0.39 is 8.80 Å². The Hall–Kier alpha value is -1.35. The van der Waals surface area contributed by atoms with Crippen molar-refractivity contribution in [3.05, 3.63) is 47.2 Å². The van der Waals surface area contributed by atoms with Crippen LogP contribution in [-0.4, -0.2) is 21.4 Å². The number of hydrogen-bond donors (Lipinski definition) is 0. The first-order chi connectivity index (χ1) is 8.09. The lowest BCUT2D eigenvalue weighted by molar-refractivity contribution is -0.138. The zero-order valence-electron chi connectivity index (χ0n) is 10.8. The van der Waals surface area contributed by atoms with E-state index in [-0.39, 0.29) is 5.97 Å². The maximum atomic E-state index is 11.6. The maximum Gasteiger partial charge on any atom is 0.332 e. The van der Waals surface area contributed by atoms with Crippen molar-refractivity contribution in [1.29, 1.82) is 0 Å². The Morgan fingerprint density at radius 3 is 2.53 bits per heavy atom. The average Bonchev–Trinajstić information content (AvgIpc) is 2.29. The molecule has 0 bridgehead atoms. The third-order valence-electron chi connectivity index (χ3n) is 2.37. The minimum atomic E-state index is -0.841. The van der Waals surface area contributed by atoms with Crippen LogP contribution in [0.5, 0.6) is 0 Å². The van der Waals surface area contributed by atoms with Crippen LogP contribution in [0, 0.1) is 0 Å². The number of ether oxygens (including phenoxy) is 1. The Labute approximate surface area is 105 Å². The van der Waals surface area contributed by atoms with Gasteiger partial charge in [0.2, 0.25) is 0 Å². The molecule has 0 N–H and O–H groups in total. The molecule has 0 aromatic heterocycles. The Kier molecular flexibility index (Phi) is 5.70. The summed E-state index contributed by atoms with van der Waals surface area (Å²) < 4.78 is 5.22. The molecule has 0 unspecified atom stereocenters. The largest absolute Gasteiger partial charge is 0.462 e. The van der Waals surface area contributed by atoms with E-state index in [1.165, 1.54) is 5.56 Å². The molecule has 1 rings (SSSR count). The molecule has 0 saturated heterocycles. The minimum Gasteiger partial charge on any atom is -0.462 e. The van der Waals surface area contributed by atoms with E-state index >= 15 is 0 Å². The van der Waals surface area contributed by atoms with Crippen molar-refractivity contribution in [2.75, 3.05) is 6.61 Å². The summed E-state index contributed by atoms with van der Waals surface area (Å²) >= 11 is 0. The van der Waals surface area contributed by atoms with Gasteiger partial charge in [0, 0.05) is 12.0 Å². The smallest absolute Gasteiger partial charge is 0.332 e. The zero-order valence-corrected chi connectivity index (χ0v) is 11.9. The van der Waals surface area contributed by atoms with Crippen molar-refractivity contribution < 1.29 is 9.53 Å². The molecule has 0 atom stereocenters. The van der Waals surface area contributed by atoms with Gasteiger partial charge >= 0.3 is 5.97 Å². The van der Waals surface area contributed by atoms with Crippen molar-refractivity contribution in [1.82, 2.24) is 0 Å². The first-order valence-electron chi connectivity index (χ1n) is 5.99. The van der Waals surface area contributed by atoms with Crippen LogP contribution in [0.1, 0.15) is 12.5 Å². The number of esters is 1. The van der Waals surface area contributed by atoms with Crippen molar-refractivity contribution in [2.45, 2.75) is 26.4 Å². The quantitative estimate of drug-likeness (QED) is 0.455. The Morgan fingerprint density at radius 1 is 1.29 bits per heavy atom. The van der Waals surface area contributed by atoms with E-state index in [4.69, 9.17) is 4.74 Å². The van der Waals surface area contributed by atoms with Crippen molar-refractivity contribution in [3.63, 3.8) is 0 Å². The number of rotatable bonds is 5. The Balaban J connectivity index is 2.34. The molecule has 3 heteroatoms. The summed E-state index contributed by atoms with van der Waals surface area (Å²) in [5.74, 6) is -0.179. The normalized spacial score (nSPS) is 11.6. The first-order valence-corrected chi connectivity index (χ1v) is 8.96. The summed E-state index contributed by atoms with van der Waals surface area (Å²) in [5.41, 5.74) is 4.00. The molecule has 1 aromatic rings. The van der Waals surface area contributed by atoms with Crippen molar-refractivity contribution in [2.24, 2.45) is 0 Å². The molecule has 0 aliphatic rings. The van der Waals surface area contributed by atoms with E-state index in [9.17, 15) is 4.79 Å². The molecule has 0 fully saturated rings. The standard InChI is InChI=1S/C14H20O2Si/c1-12(11-17(2)3)14(15)16-10-9-13-7-5-4-6-8-13/h4-8,11,17H,9-10H2,1-3H3. The summed E-state index contributed by atoms with van der Waals surface area (Å²) in [6, 6.07) is 10.0. The second-order valence-electron chi connectivity index (χ2n) is 4.47. The van der Waals surface area contributed by atoms with Crippen LogP contribution in [0.15, 0.2) is 41.6 Å². The molecule has 1 aromatic carbocycles. The lowest BCUT2D eigenvalue weighted by Gasteiger charge is -2.05. The molecule has 92 valence electrons. The van der Waals surface area contributed by atoms with E-state index in [1.54, 1.807) is 0 Å². The fourth-order valence-corrected chi connectivity index (χ4v) is 2.72. The number of carbonyl (C=O) groups is 1. The SMILES string of the molecule is CC(=C[SiH](C)C)C(=O)OCCc1ccccc1. The number of hydrogen-bond acceptors (Lipinski definition) is 2. The van der Waals surface area contributed by atoms with Crippen LogP contribution in [0.2, 0.25) is 13.1 Å². The van der Waals surface area contributed by atoms with Crippen LogP contribution in [0.3, 0.4) is 0 Å². The van der Waals surface area contributed by atoms with Gasteiger partial charge in [0.05, 0.1) is 15.4 Å². The van der Waals surface area contributed by atoms with Gasteiger partial charge in [0.1, 0.15) is 0 Å². The Morgan fingerprint density at radius 2 is 1.94 bits per heavy atom. The monoisotopic (exact) mass is 248 g/mol. The van der Waals surface area contributed by atoms with Gasteiger partial charge in [-0.1, -0.05) is 49.1 Å². The highest BCUT2D eigenvalue weighted by atomic mass is 28.3. The van der Waals surface area contributed by atoms with E-state index in [2.05, 4.69) is 18.8 Å². The van der Waals surface area contributed by atoms with Gasteiger partial charge in [0.15, 0.2) is 0 Å². The highest BCUT2D eigenvalue weighted by Gasteiger charge is 2.06. The van der Waals surface area contributed by atoms with Gasteiger partial charge < -0.3 is 4.74 Å². The molecule has 0 aliphatic heterocycles. The van der Waals surface area contributed by atoms with E-state index in [0.717, 1.165) is 12.0 Å². The summed E-state index contributed by atoms with van der Waals surface area (Å²) in [4.78, 5) is 11.6. The molecule has 0 heterocycles. The Bertz CT molecular complexity index is 382. The van der Waals surface area contributed by atoms with Gasteiger partial charge in [-0.2, -0.15) is 0 Å². The molecule has 17 heavy (non-hydrogen) atoms. The fourth-order valence-electron chi connectivity index (χ4n) is 1.59. The van der Waals surface area contributed by atoms with Crippen molar-refractivity contribution >= 4 is 14.8 Å². The second-order valence-corrected chi connectivity index (χ2v) is 7.29. The molecule has 0 spiro atoms. The van der Waals surface area contributed by atoms with Gasteiger partial charge in [-0.15, -0.1) is 0 Å². The van der Waals surface area contributed by atoms with Crippen LogP contribution >= 0.6 is 0 Å². The lowest BCUT2D eigenvalue weighted by atomic mass is 10.2. The molecule has 0 saturated carbocycles. The van der Waals surface area contributed by atoms with Crippen LogP contribution in [0.4, 0.5) is 0 Å². The van der Waals surface area contributed by atoms with Gasteiger partial charge in [-0.05, 0) is 12.5 Å². The number of benzene rings is 1. The van der Waals surface area contributed by atoms with Gasteiger partial charge in [-0.25, -0.2) is 4.79 Å². The molecule has 2 nitrogen and oxygen atoms in total. The molecule has 0 radical (unpaired) electrons. The maximum absolute atomic E-state index is 11.6. The van der Waals surface area contributed by atoms with Crippen LogP contribution < -0.4 is 0 Å². The lowest BCUT2D eigenvalue weighted by Crippen LogP contribution is -2.10. The summed E-state index contributed by atoms with van der Waals surface area (Å²) in [6.45, 7) is 6.65. The highest BCUT2D eigenvalue weighted by Crippen LogP contribution is 2.02. The highest BCUT2D eigenvalue weighted by molar-refractivity contribution is 6.61. The minimum absolute atomic E-state index is 0.179. The third kappa shape index (κ3) is 5.50. The predicted molar refractivity (Wildman–Crippen MR) is 73.7 cm³/mol. The summed E-state index contributed by atoms with van der Waals surface area (Å²) in [5, 5.41) is 0. The summed E-state index contributed by atoms with van der Waals surface area (Å²) in [7, 11) is -0.841. The van der Waals surface area contributed by atoms with E-state index in [0.29, 0.717) is 6.61 Å². The van der Waals surface area contributed by atoms with Crippen LogP contribution in [0.25, 0.3) is 0 Å². The molecule has 0 amide bonds. The van der Waals surface area contributed by atoms with E-state index in [1.807, 2.05) is 37.3 Å². The van der Waals surface area contributed by atoms with Gasteiger partial charge in [-0.3, -0.25) is 0 Å². The molecule has 0 aliphatic carbocycles. The second kappa shape index (κ2) is 7.07. The zero-order chi connectivity index (χ0) is 12.7. The molecular weight excluding hydrogens is 228 g/mol. The van der Waals surface area contributed by atoms with Crippen molar-refractivity contribution in [3.8, 4) is 0 Å². The third-order valence-corrected chi connectivity index (χ3v) is 3.54. The predicted octanol–water partition coefficient (Wildman–Crippen LogP) is 2.74. The first kappa shape index (κ1) is 13.7. The fraction of sp³-hybridized carbons (Fsp3) is 0.357. The van der Waals surface area contributed by atoms with Crippen LogP contribution in [-0.2, 0) is 16.0 Å². The number of carbonyl (C=O) groups excluding carboxylic acids is 1. The average molecular weight is 248 g/mol. The topological polar surface area (TPSA) is 26.3 Å². The molecular formula is C14H20O2Si. The summed E-state index contributed by atoms with van der Waals surface area (Å²) in [6.07, 6.45) is 0.777. The van der Waals surface area contributed by atoms with Gasteiger partial charge in [0.25, 0.3) is 0 Å².